The first-order valence-electron chi connectivity index (χ1n) is 7.96. The zero-order valence-corrected chi connectivity index (χ0v) is 17.1. The van der Waals surface area contributed by atoms with Crippen LogP contribution in [0, 0.1) is 0 Å². The summed E-state index contributed by atoms with van der Waals surface area (Å²) < 4.78 is 25.6. The Bertz CT molecular complexity index is 791. The minimum absolute atomic E-state index is 0.0780. The van der Waals surface area contributed by atoms with E-state index in [0.29, 0.717) is 16.6 Å². The van der Waals surface area contributed by atoms with Crippen LogP contribution >= 0.6 is 10.7 Å². The van der Waals surface area contributed by atoms with Gasteiger partial charge in [0.25, 0.3) is 9.05 Å². The molecule has 0 aliphatic carbocycles. The minimum Gasteiger partial charge on any atom is -0.359 e. The summed E-state index contributed by atoms with van der Waals surface area (Å²) in [6, 6.07) is 5.27. The lowest BCUT2D eigenvalue weighted by Crippen LogP contribution is -2.51. The molecule has 2 rings (SSSR count). The van der Waals surface area contributed by atoms with Crippen LogP contribution < -0.4 is 0 Å². The SMILES string of the molecule is CC(C)[Si](C(C)C)(C(C)C)n1ccc2ccc(S(=O)(=O)Cl)nc21. The second-order valence-electron chi connectivity index (χ2n) is 7.04. The molecule has 128 valence electrons. The summed E-state index contributed by atoms with van der Waals surface area (Å²) >= 11 is 0. The molecule has 0 fully saturated rings. The van der Waals surface area contributed by atoms with E-state index in [1.165, 1.54) is 6.07 Å². The normalized spacial score (nSPS) is 13.7. The van der Waals surface area contributed by atoms with Gasteiger partial charge in [0.2, 0.25) is 0 Å². The van der Waals surface area contributed by atoms with E-state index in [1.807, 2.05) is 6.07 Å². The summed E-state index contributed by atoms with van der Waals surface area (Å²) in [5.41, 5.74) is 2.22. The standard InChI is InChI=1S/C16H25ClN2O2SSi/c1-11(2)23(12(3)4,13(5)6)19-10-9-14-7-8-15(18-16(14)19)22(17,20)21/h7-13H,1-6H3. The van der Waals surface area contributed by atoms with Crippen molar-refractivity contribution in [2.75, 3.05) is 0 Å². The molecule has 0 N–H and O–H groups in total. The molecule has 2 aromatic rings. The van der Waals surface area contributed by atoms with Crippen LogP contribution in [0.15, 0.2) is 29.4 Å². The van der Waals surface area contributed by atoms with Gasteiger partial charge in [0.15, 0.2) is 13.3 Å². The highest BCUT2D eigenvalue weighted by Gasteiger charge is 2.46. The zero-order valence-electron chi connectivity index (χ0n) is 14.5. The van der Waals surface area contributed by atoms with Crippen LogP contribution in [0.2, 0.25) is 16.6 Å². The molecule has 0 saturated heterocycles. The monoisotopic (exact) mass is 372 g/mol. The second kappa shape index (κ2) is 6.22. The fourth-order valence-electron chi connectivity index (χ4n) is 4.27. The van der Waals surface area contributed by atoms with Crippen molar-refractivity contribution in [2.45, 2.75) is 63.2 Å². The van der Waals surface area contributed by atoms with Gasteiger partial charge in [0.05, 0.1) is 0 Å². The Kier molecular flexibility index (Phi) is 5.00. The Labute approximate surface area is 144 Å². The molecule has 0 amide bonds. The summed E-state index contributed by atoms with van der Waals surface area (Å²) in [5.74, 6) is 0. The summed E-state index contributed by atoms with van der Waals surface area (Å²) in [4.78, 5) is 4.40. The Morgan fingerprint density at radius 2 is 1.52 bits per heavy atom. The van der Waals surface area contributed by atoms with Gasteiger partial charge < -0.3 is 4.23 Å². The van der Waals surface area contributed by atoms with Gasteiger partial charge in [-0.1, -0.05) is 41.5 Å². The Morgan fingerprint density at radius 1 is 1.00 bits per heavy atom. The van der Waals surface area contributed by atoms with E-state index in [-0.39, 0.29) is 5.03 Å². The first-order chi connectivity index (χ1) is 10.5. The van der Waals surface area contributed by atoms with Crippen molar-refractivity contribution in [1.82, 2.24) is 9.22 Å². The van der Waals surface area contributed by atoms with E-state index in [9.17, 15) is 8.42 Å². The van der Waals surface area contributed by atoms with Crippen LogP contribution in [-0.2, 0) is 9.05 Å². The molecule has 4 nitrogen and oxygen atoms in total. The Hall–Kier alpha value is -0.853. The lowest BCUT2D eigenvalue weighted by atomic mass is 10.3. The van der Waals surface area contributed by atoms with Gasteiger partial charge in [0, 0.05) is 16.1 Å². The predicted octanol–water partition coefficient (Wildman–Crippen LogP) is 4.99. The van der Waals surface area contributed by atoms with Crippen LogP contribution in [0.4, 0.5) is 0 Å². The molecule has 2 heterocycles. The first-order valence-corrected chi connectivity index (χ1v) is 12.4. The molecule has 2 aromatic heterocycles. The molecule has 0 radical (unpaired) electrons. The predicted molar refractivity (Wildman–Crippen MR) is 99.2 cm³/mol. The molecule has 0 aliphatic heterocycles. The number of hydrogen-bond donors (Lipinski definition) is 0. The van der Waals surface area contributed by atoms with Gasteiger partial charge >= 0.3 is 0 Å². The van der Waals surface area contributed by atoms with Crippen LogP contribution in [0.25, 0.3) is 11.0 Å². The molecule has 23 heavy (non-hydrogen) atoms. The number of pyridine rings is 1. The number of nitrogens with zero attached hydrogens (tertiary/aromatic N) is 2. The van der Waals surface area contributed by atoms with Crippen LogP contribution in [0.3, 0.4) is 0 Å². The number of halogens is 1. The average molecular weight is 373 g/mol. The van der Waals surface area contributed by atoms with Gasteiger partial charge in [-0.3, -0.25) is 0 Å². The maximum atomic E-state index is 11.7. The van der Waals surface area contributed by atoms with Crippen molar-refractivity contribution in [2.24, 2.45) is 0 Å². The van der Waals surface area contributed by atoms with E-state index in [0.717, 1.165) is 11.0 Å². The summed E-state index contributed by atoms with van der Waals surface area (Å²) in [6.07, 6.45) is 2.08. The van der Waals surface area contributed by atoms with Crippen LogP contribution in [0.5, 0.6) is 0 Å². The molecular weight excluding hydrogens is 348 g/mol. The summed E-state index contributed by atoms with van der Waals surface area (Å²) in [7, 11) is -0.322. The third kappa shape index (κ3) is 2.96. The summed E-state index contributed by atoms with van der Waals surface area (Å²) in [5, 5.41) is 0.874. The number of rotatable bonds is 5. The number of hydrogen-bond acceptors (Lipinski definition) is 3. The molecule has 0 bridgehead atoms. The number of fused-ring (bicyclic) bond motifs is 1. The van der Waals surface area contributed by atoms with E-state index < -0.39 is 17.3 Å². The van der Waals surface area contributed by atoms with Gasteiger partial charge in [-0.25, -0.2) is 13.4 Å². The molecule has 0 atom stereocenters. The van der Waals surface area contributed by atoms with E-state index in [2.05, 4.69) is 57.0 Å². The van der Waals surface area contributed by atoms with Crippen molar-refractivity contribution in [3.63, 3.8) is 0 Å². The molecule has 0 saturated carbocycles. The van der Waals surface area contributed by atoms with Gasteiger partial charge in [-0.15, -0.1) is 0 Å². The molecule has 0 aliphatic rings. The fraction of sp³-hybridized carbons (Fsp3) is 0.562. The lowest BCUT2D eigenvalue weighted by molar-refractivity contribution is 0.606. The molecule has 7 heteroatoms. The van der Waals surface area contributed by atoms with Gasteiger partial charge in [-0.2, -0.15) is 0 Å². The maximum absolute atomic E-state index is 11.7. The van der Waals surface area contributed by atoms with Crippen LogP contribution in [0.1, 0.15) is 41.5 Å². The van der Waals surface area contributed by atoms with Crippen LogP contribution in [-0.4, -0.2) is 25.9 Å². The quantitative estimate of drug-likeness (QED) is 0.548. The zero-order chi connectivity index (χ0) is 17.6. The van der Waals surface area contributed by atoms with Crippen molar-refractivity contribution in [3.8, 4) is 0 Å². The molecular formula is C16H25ClN2O2SSi. The van der Waals surface area contributed by atoms with Crippen molar-refractivity contribution < 1.29 is 8.42 Å². The fourth-order valence-corrected chi connectivity index (χ4v) is 11.5. The molecule has 0 spiro atoms. The maximum Gasteiger partial charge on any atom is 0.278 e. The molecule has 0 aromatic carbocycles. The minimum atomic E-state index is -3.83. The first kappa shape index (κ1) is 18.5. The largest absolute Gasteiger partial charge is 0.359 e. The second-order valence-corrected chi connectivity index (χ2v) is 15.3. The van der Waals surface area contributed by atoms with E-state index in [1.54, 1.807) is 6.07 Å². The van der Waals surface area contributed by atoms with Gasteiger partial charge in [-0.05, 0) is 41.0 Å². The van der Waals surface area contributed by atoms with E-state index >= 15 is 0 Å². The highest BCUT2D eigenvalue weighted by atomic mass is 35.7. The summed E-state index contributed by atoms with van der Waals surface area (Å²) in [6.45, 7) is 13.6. The van der Waals surface area contributed by atoms with Crippen molar-refractivity contribution in [1.29, 1.82) is 0 Å². The third-order valence-electron chi connectivity index (χ3n) is 4.95. The van der Waals surface area contributed by atoms with E-state index in [4.69, 9.17) is 10.7 Å². The van der Waals surface area contributed by atoms with Gasteiger partial charge in [0.1, 0.15) is 5.65 Å². The van der Waals surface area contributed by atoms with Crippen molar-refractivity contribution in [3.05, 3.63) is 24.4 Å². The van der Waals surface area contributed by atoms with Crippen molar-refractivity contribution >= 4 is 39.0 Å². The average Bonchev–Trinajstić information content (AvgIpc) is 2.80. The molecule has 0 unspecified atom stereocenters. The Morgan fingerprint density at radius 3 is 1.96 bits per heavy atom. The highest BCUT2D eigenvalue weighted by molar-refractivity contribution is 8.13. The Balaban J connectivity index is 2.84. The highest BCUT2D eigenvalue weighted by Crippen LogP contribution is 2.44. The third-order valence-corrected chi connectivity index (χ3v) is 12.9. The smallest absolute Gasteiger partial charge is 0.278 e. The topological polar surface area (TPSA) is 52.0 Å². The lowest BCUT2D eigenvalue weighted by Gasteiger charge is -2.44. The number of aromatic nitrogens is 2.